The molecule has 0 aliphatic heterocycles. The van der Waals surface area contributed by atoms with Crippen LogP contribution in [0.25, 0.3) is 0 Å². The lowest BCUT2D eigenvalue weighted by Crippen LogP contribution is -2.35. The first kappa shape index (κ1) is 14.0. The Bertz CT molecular complexity index is 376. The standard InChI is InChI=1S/C11H19N5.ClH/c1-6(2)14-10-5-9(15-11(13)16-10)7-3-8(12)4-7;/h5-8H,3-4,12H2,1-2H3,(H3,13,14,15,16);1H. The van der Waals surface area contributed by atoms with Crippen molar-refractivity contribution in [1.82, 2.24) is 9.97 Å². The number of hydrogen-bond acceptors (Lipinski definition) is 5. The minimum atomic E-state index is 0. The molecule has 0 radical (unpaired) electrons. The third-order valence-electron chi connectivity index (χ3n) is 2.79. The Morgan fingerprint density at radius 1 is 1.35 bits per heavy atom. The minimum absolute atomic E-state index is 0. The first-order valence-corrected chi connectivity index (χ1v) is 5.71. The average molecular weight is 258 g/mol. The molecule has 0 atom stereocenters. The first-order chi connectivity index (χ1) is 7.54. The smallest absolute Gasteiger partial charge is 0.222 e. The van der Waals surface area contributed by atoms with Crippen molar-refractivity contribution in [2.45, 2.75) is 44.7 Å². The molecule has 1 aliphatic carbocycles. The van der Waals surface area contributed by atoms with E-state index in [0.29, 0.717) is 23.9 Å². The lowest BCUT2D eigenvalue weighted by atomic mass is 9.78. The van der Waals surface area contributed by atoms with E-state index in [1.54, 1.807) is 0 Å². The number of hydrogen-bond donors (Lipinski definition) is 3. The van der Waals surface area contributed by atoms with Crippen molar-refractivity contribution in [3.63, 3.8) is 0 Å². The molecule has 1 aliphatic rings. The minimum Gasteiger partial charge on any atom is -0.368 e. The Hall–Kier alpha value is -1.07. The van der Waals surface area contributed by atoms with Crippen LogP contribution in [0.3, 0.4) is 0 Å². The molecule has 5 nitrogen and oxygen atoms in total. The zero-order valence-electron chi connectivity index (χ0n) is 10.2. The zero-order valence-corrected chi connectivity index (χ0v) is 11.0. The maximum absolute atomic E-state index is 5.77. The van der Waals surface area contributed by atoms with E-state index in [4.69, 9.17) is 11.5 Å². The summed E-state index contributed by atoms with van der Waals surface area (Å²) in [5, 5.41) is 3.24. The lowest BCUT2D eigenvalue weighted by Gasteiger charge is -2.32. The van der Waals surface area contributed by atoms with Crippen LogP contribution in [0.4, 0.5) is 11.8 Å². The maximum Gasteiger partial charge on any atom is 0.222 e. The number of halogens is 1. The summed E-state index contributed by atoms with van der Waals surface area (Å²) in [7, 11) is 0. The van der Waals surface area contributed by atoms with E-state index >= 15 is 0 Å². The summed E-state index contributed by atoms with van der Waals surface area (Å²) >= 11 is 0. The van der Waals surface area contributed by atoms with Gasteiger partial charge in [-0.25, -0.2) is 4.98 Å². The monoisotopic (exact) mass is 257 g/mol. The quantitative estimate of drug-likeness (QED) is 0.764. The van der Waals surface area contributed by atoms with Gasteiger partial charge in [0.05, 0.1) is 5.69 Å². The Balaban J connectivity index is 0.00000144. The molecule has 0 aromatic carbocycles. The van der Waals surface area contributed by atoms with Gasteiger partial charge in [0, 0.05) is 24.1 Å². The van der Waals surface area contributed by atoms with Crippen molar-refractivity contribution in [2.24, 2.45) is 5.73 Å². The van der Waals surface area contributed by atoms with Crippen molar-refractivity contribution in [3.05, 3.63) is 11.8 Å². The lowest BCUT2D eigenvalue weighted by molar-refractivity contribution is 0.345. The zero-order chi connectivity index (χ0) is 11.7. The fourth-order valence-electron chi connectivity index (χ4n) is 1.97. The van der Waals surface area contributed by atoms with E-state index in [-0.39, 0.29) is 12.4 Å². The van der Waals surface area contributed by atoms with Gasteiger partial charge in [0.15, 0.2) is 0 Å². The van der Waals surface area contributed by atoms with Crippen LogP contribution in [0.5, 0.6) is 0 Å². The van der Waals surface area contributed by atoms with Crippen LogP contribution in [0.15, 0.2) is 6.07 Å². The number of aromatic nitrogens is 2. The maximum atomic E-state index is 5.77. The summed E-state index contributed by atoms with van der Waals surface area (Å²) in [5.41, 5.74) is 12.5. The molecule has 0 spiro atoms. The molecule has 96 valence electrons. The number of anilines is 2. The number of nitrogens with two attached hydrogens (primary N) is 2. The van der Waals surface area contributed by atoms with Gasteiger partial charge in [-0.3, -0.25) is 0 Å². The molecule has 5 N–H and O–H groups in total. The fourth-order valence-corrected chi connectivity index (χ4v) is 1.97. The molecule has 6 heteroatoms. The van der Waals surface area contributed by atoms with Gasteiger partial charge in [-0.05, 0) is 26.7 Å². The molecule has 1 heterocycles. The summed E-state index contributed by atoms with van der Waals surface area (Å²) in [6, 6.07) is 2.64. The second-order valence-electron chi connectivity index (χ2n) is 4.76. The SMILES string of the molecule is CC(C)Nc1cc(C2CC(N)C2)nc(N)n1.Cl. The Labute approximate surface area is 108 Å². The van der Waals surface area contributed by atoms with Crippen molar-refractivity contribution < 1.29 is 0 Å². The second kappa shape index (κ2) is 5.51. The van der Waals surface area contributed by atoms with Gasteiger partial charge in [-0.2, -0.15) is 4.98 Å². The van der Waals surface area contributed by atoms with Gasteiger partial charge in [0.1, 0.15) is 5.82 Å². The molecular weight excluding hydrogens is 238 g/mol. The summed E-state index contributed by atoms with van der Waals surface area (Å²) in [6.45, 7) is 4.13. The number of nitrogens with one attached hydrogen (secondary N) is 1. The van der Waals surface area contributed by atoms with Crippen molar-refractivity contribution in [2.75, 3.05) is 11.1 Å². The van der Waals surface area contributed by atoms with Crippen LogP contribution in [-0.2, 0) is 0 Å². The molecule has 1 aromatic heterocycles. The second-order valence-corrected chi connectivity index (χ2v) is 4.76. The van der Waals surface area contributed by atoms with Crippen molar-refractivity contribution in [3.8, 4) is 0 Å². The van der Waals surface area contributed by atoms with E-state index in [9.17, 15) is 0 Å². The molecule has 0 unspecified atom stereocenters. The van der Waals surface area contributed by atoms with Crippen molar-refractivity contribution >= 4 is 24.2 Å². The van der Waals surface area contributed by atoms with Crippen LogP contribution in [-0.4, -0.2) is 22.1 Å². The molecule has 1 fully saturated rings. The van der Waals surface area contributed by atoms with Crippen LogP contribution in [0.2, 0.25) is 0 Å². The largest absolute Gasteiger partial charge is 0.368 e. The Morgan fingerprint density at radius 2 is 2.00 bits per heavy atom. The molecular formula is C11H20ClN5. The van der Waals surface area contributed by atoms with Gasteiger partial charge in [0.2, 0.25) is 5.95 Å². The molecule has 2 rings (SSSR count). The van der Waals surface area contributed by atoms with Crippen LogP contribution < -0.4 is 16.8 Å². The number of nitrogen functional groups attached to an aromatic ring is 1. The third-order valence-corrected chi connectivity index (χ3v) is 2.79. The third kappa shape index (κ3) is 3.44. The average Bonchev–Trinajstić information content (AvgIpc) is 2.10. The van der Waals surface area contributed by atoms with Crippen LogP contribution in [0.1, 0.15) is 38.3 Å². The molecule has 17 heavy (non-hydrogen) atoms. The number of rotatable bonds is 3. The highest BCUT2D eigenvalue weighted by Gasteiger charge is 2.29. The van der Waals surface area contributed by atoms with Gasteiger partial charge in [-0.1, -0.05) is 0 Å². The normalized spacial score (nSPS) is 22.8. The summed E-state index contributed by atoms with van der Waals surface area (Å²) < 4.78 is 0. The molecule has 0 amide bonds. The number of nitrogens with zero attached hydrogens (tertiary/aromatic N) is 2. The van der Waals surface area contributed by atoms with E-state index in [1.807, 2.05) is 6.07 Å². The molecule has 1 aromatic rings. The Morgan fingerprint density at radius 3 is 2.53 bits per heavy atom. The summed E-state index contributed by atoms with van der Waals surface area (Å²) in [5.74, 6) is 1.59. The molecule has 0 bridgehead atoms. The van der Waals surface area contributed by atoms with Gasteiger partial charge < -0.3 is 16.8 Å². The predicted octanol–water partition coefficient (Wildman–Crippen LogP) is 1.51. The van der Waals surface area contributed by atoms with Crippen LogP contribution in [0, 0.1) is 0 Å². The van der Waals surface area contributed by atoms with E-state index in [2.05, 4.69) is 29.1 Å². The van der Waals surface area contributed by atoms with Gasteiger partial charge >= 0.3 is 0 Å². The van der Waals surface area contributed by atoms with Gasteiger partial charge in [0.25, 0.3) is 0 Å². The summed E-state index contributed by atoms with van der Waals surface area (Å²) in [6.07, 6.45) is 2.00. The topological polar surface area (TPSA) is 89.8 Å². The highest BCUT2D eigenvalue weighted by molar-refractivity contribution is 5.85. The van der Waals surface area contributed by atoms with Crippen LogP contribution >= 0.6 is 12.4 Å². The van der Waals surface area contributed by atoms with E-state index in [0.717, 1.165) is 24.4 Å². The molecule has 0 saturated heterocycles. The fraction of sp³-hybridized carbons (Fsp3) is 0.636. The summed E-state index contributed by atoms with van der Waals surface area (Å²) in [4.78, 5) is 8.43. The van der Waals surface area contributed by atoms with E-state index < -0.39 is 0 Å². The first-order valence-electron chi connectivity index (χ1n) is 5.71. The van der Waals surface area contributed by atoms with Gasteiger partial charge in [-0.15, -0.1) is 12.4 Å². The Kier molecular flexibility index (Phi) is 4.54. The highest BCUT2D eigenvalue weighted by Crippen LogP contribution is 2.35. The predicted molar refractivity (Wildman–Crippen MR) is 72.4 cm³/mol. The molecule has 1 saturated carbocycles. The van der Waals surface area contributed by atoms with E-state index in [1.165, 1.54) is 0 Å². The highest BCUT2D eigenvalue weighted by atomic mass is 35.5. The van der Waals surface area contributed by atoms with Crippen molar-refractivity contribution in [1.29, 1.82) is 0 Å².